The fraction of sp³-hybridized carbons (Fsp3) is 0.182. The highest BCUT2D eigenvalue weighted by Crippen LogP contribution is 2.36. The number of ether oxygens (including phenoxy) is 1. The molecule has 0 spiro atoms. The molecule has 2 aromatic rings. The van der Waals surface area contributed by atoms with Crippen molar-refractivity contribution < 1.29 is 13.5 Å². The highest BCUT2D eigenvalue weighted by molar-refractivity contribution is 7.92. The molecule has 6 nitrogen and oxygen atoms in total. The average molecular weight is 283 g/mol. The van der Waals surface area contributed by atoms with E-state index in [1.54, 1.807) is 19.1 Å². The fourth-order valence-corrected chi connectivity index (χ4v) is 2.17. The van der Waals surface area contributed by atoms with Gasteiger partial charge in [-0.25, -0.2) is 0 Å². The molecule has 0 unspecified atom stereocenters. The number of aromatic nitrogens is 2. The van der Waals surface area contributed by atoms with Crippen molar-refractivity contribution in [3.63, 3.8) is 0 Å². The van der Waals surface area contributed by atoms with Crippen molar-refractivity contribution in [2.24, 2.45) is 0 Å². The molecular weight excluding hydrogens is 273 g/mol. The maximum absolute atomic E-state index is 12.7. The molecule has 0 bridgehead atoms. The fourth-order valence-electron chi connectivity index (χ4n) is 1.79. The van der Waals surface area contributed by atoms with E-state index in [0.717, 1.165) is 4.09 Å². The van der Waals surface area contributed by atoms with E-state index < -0.39 is 4.92 Å². The Balaban J connectivity index is 2.52. The standard InChI is InChI=1S/C11H10FN3O3S/c1-7-10(11(18-2)14(13-7)19-12)8-3-5-9(6-4-8)15(16)17/h3-6H,1-2H3. The molecule has 0 N–H and O–H groups in total. The zero-order valence-electron chi connectivity index (χ0n) is 10.2. The second-order valence-corrected chi connectivity index (χ2v) is 4.20. The summed E-state index contributed by atoms with van der Waals surface area (Å²) in [6.07, 6.45) is 0. The maximum atomic E-state index is 12.7. The zero-order chi connectivity index (χ0) is 14.0. The van der Waals surface area contributed by atoms with Gasteiger partial charge in [0.15, 0.2) is 12.3 Å². The summed E-state index contributed by atoms with van der Waals surface area (Å²) in [5, 5.41) is 14.6. The molecule has 0 radical (unpaired) electrons. The van der Waals surface area contributed by atoms with Gasteiger partial charge >= 0.3 is 0 Å². The minimum atomic E-state index is -0.477. The smallest absolute Gasteiger partial charge is 0.269 e. The summed E-state index contributed by atoms with van der Waals surface area (Å²) in [6.45, 7) is 1.71. The number of non-ortho nitro benzene ring substituents is 1. The van der Waals surface area contributed by atoms with E-state index in [2.05, 4.69) is 5.10 Å². The van der Waals surface area contributed by atoms with Crippen LogP contribution in [0.1, 0.15) is 5.69 Å². The van der Waals surface area contributed by atoms with Crippen molar-refractivity contribution in [2.45, 2.75) is 6.92 Å². The molecule has 8 heteroatoms. The van der Waals surface area contributed by atoms with Gasteiger partial charge in [-0.1, -0.05) is 0 Å². The van der Waals surface area contributed by atoms with Crippen LogP contribution in [0.5, 0.6) is 5.88 Å². The molecule has 0 aliphatic rings. The Bertz CT molecular complexity index is 612. The molecule has 0 amide bonds. The summed E-state index contributed by atoms with van der Waals surface area (Å²) in [5.41, 5.74) is 1.87. The Morgan fingerprint density at radius 3 is 2.53 bits per heavy atom. The van der Waals surface area contributed by atoms with Crippen LogP contribution in [0.25, 0.3) is 11.1 Å². The van der Waals surface area contributed by atoms with E-state index in [1.807, 2.05) is 0 Å². The number of nitro benzene ring substituents is 1. The Hall–Kier alpha value is -2.09. The van der Waals surface area contributed by atoms with Crippen molar-refractivity contribution >= 4 is 18.0 Å². The number of rotatable bonds is 4. The van der Waals surface area contributed by atoms with Gasteiger partial charge in [0.25, 0.3) is 5.69 Å². The van der Waals surface area contributed by atoms with Crippen LogP contribution >= 0.6 is 12.3 Å². The second-order valence-electron chi connectivity index (χ2n) is 3.72. The highest BCUT2D eigenvalue weighted by Gasteiger charge is 2.19. The summed E-state index contributed by atoms with van der Waals surface area (Å²) in [5.74, 6) is 0.263. The number of methoxy groups -OCH3 is 1. The van der Waals surface area contributed by atoms with Gasteiger partial charge in [0.1, 0.15) is 0 Å². The first kappa shape index (κ1) is 13.3. The normalized spacial score (nSPS) is 10.5. The molecule has 100 valence electrons. The SMILES string of the molecule is COc1c(-c2ccc([N+](=O)[O-])cc2)c(C)nn1SF. The monoisotopic (exact) mass is 283 g/mol. The lowest BCUT2D eigenvalue weighted by Gasteiger charge is -2.04. The molecule has 1 aromatic heterocycles. The number of hydrogen-bond acceptors (Lipinski definition) is 5. The van der Waals surface area contributed by atoms with Crippen molar-refractivity contribution in [3.8, 4) is 17.0 Å². The van der Waals surface area contributed by atoms with Crippen LogP contribution in [0.15, 0.2) is 24.3 Å². The van der Waals surface area contributed by atoms with Gasteiger partial charge in [0, 0.05) is 12.1 Å². The van der Waals surface area contributed by atoms with Gasteiger partial charge in [0.2, 0.25) is 5.88 Å². The highest BCUT2D eigenvalue weighted by atomic mass is 32.2. The van der Waals surface area contributed by atoms with Gasteiger partial charge < -0.3 is 4.74 Å². The number of aryl methyl sites for hydroxylation is 1. The molecule has 0 fully saturated rings. The van der Waals surface area contributed by atoms with E-state index in [0.29, 0.717) is 16.8 Å². The molecule has 0 saturated carbocycles. The lowest BCUT2D eigenvalue weighted by molar-refractivity contribution is -0.384. The van der Waals surface area contributed by atoms with Crippen LogP contribution in [0.3, 0.4) is 0 Å². The van der Waals surface area contributed by atoms with Crippen molar-refractivity contribution in [2.75, 3.05) is 7.11 Å². The number of hydrogen-bond donors (Lipinski definition) is 0. The number of halogens is 1. The first-order chi connectivity index (χ1) is 9.08. The average Bonchev–Trinajstić information content (AvgIpc) is 2.74. The van der Waals surface area contributed by atoms with Crippen LogP contribution in [0.4, 0.5) is 9.57 Å². The second kappa shape index (κ2) is 5.27. The third-order valence-corrected chi connectivity index (χ3v) is 2.99. The summed E-state index contributed by atoms with van der Waals surface area (Å²) in [7, 11) is 1.41. The molecule has 1 aromatic carbocycles. The van der Waals surface area contributed by atoms with E-state index >= 15 is 0 Å². The summed E-state index contributed by atoms with van der Waals surface area (Å²) < 4.78 is 18.8. The van der Waals surface area contributed by atoms with Gasteiger partial charge in [0.05, 0.1) is 23.3 Å². The first-order valence-electron chi connectivity index (χ1n) is 5.26. The van der Waals surface area contributed by atoms with Gasteiger partial charge in [-0.3, -0.25) is 10.1 Å². The van der Waals surface area contributed by atoms with E-state index in [4.69, 9.17) is 4.74 Å². The minimum absolute atomic E-state index is 0.00683. The van der Waals surface area contributed by atoms with Crippen molar-refractivity contribution in [3.05, 3.63) is 40.1 Å². The quantitative estimate of drug-likeness (QED) is 0.636. The molecular formula is C11H10FN3O3S. The minimum Gasteiger partial charge on any atom is -0.480 e. The maximum Gasteiger partial charge on any atom is 0.269 e. The van der Waals surface area contributed by atoms with E-state index in [1.165, 1.54) is 19.2 Å². The zero-order valence-corrected chi connectivity index (χ0v) is 11.0. The van der Waals surface area contributed by atoms with E-state index in [9.17, 15) is 14.0 Å². The largest absolute Gasteiger partial charge is 0.480 e. The Morgan fingerprint density at radius 1 is 1.42 bits per heavy atom. The first-order valence-corrected chi connectivity index (χ1v) is 5.93. The molecule has 19 heavy (non-hydrogen) atoms. The predicted molar refractivity (Wildman–Crippen MR) is 69.7 cm³/mol. The number of benzene rings is 1. The summed E-state index contributed by atoms with van der Waals surface area (Å²) in [4.78, 5) is 10.1. The lowest BCUT2D eigenvalue weighted by Crippen LogP contribution is -1.93. The van der Waals surface area contributed by atoms with Crippen molar-refractivity contribution in [1.29, 1.82) is 0 Å². The van der Waals surface area contributed by atoms with Crippen LogP contribution in [0, 0.1) is 17.0 Å². The Morgan fingerprint density at radius 2 is 2.05 bits per heavy atom. The third kappa shape index (κ3) is 2.39. The topological polar surface area (TPSA) is 70.2 Å². The Kier molecular flexibility index (Phi) is 3.70. The molecule has 0 saturated heterocycles. The van der Waals surface area contributed by atoms with E-state index in [-0.39, 0.29) is 23.9 Å². The molecule has 0 aliphatic heterocycles. The van der Waals surface area contributed by atoms with Crippen molar-refractivity contribution in [1.82, 2.24) is 9.19 Å². The van der Waals surface area contributed by atoms with Gasteiger partial charge in [-0.05, 0) is 24.6 Å². The summed E-state index contributed by atoms with van der Waals surface area (Å²) in [6, 6.07) is 5.93. The summed E-state index contributed by atoms with van der Waals surface area (Å²) >= 11 is -0.0700. The number of nitro groups is 1. The van der Waals surface area contributed by atoms with Crippen LogP contribution in [0.2, 0.25) is 0 Å². The molecule has 2 rings (SSSR count). The number of nitrogens with zero attached hydrogens (tertiary/aromatic N) is 3. The molecule has 0 aliphatic carbocycles. The van der Waals surface area contributed by atoms with Gasteiger partial charge in [-0.15, -0.1) is 7.97 Å². The Labute approximate surface area is 112 Å². The van der Waals surface area contributed by atoms with Gasteiger partial charge in [-0.2, -0.15) is 5.10 Å². The predicted octanol–water partition coefficient (Wildman–Crippen LogP) is 3.16. The van der Waals surface area contributed by atoms with Crippen LogP contribution < -0.4 is 4.74 Å². The van der Waals surface area contributed by atoms with Crippen LogP contribution in [-0.2, 0) is 0 Å². The molecule has 0 atom stereocenters. The molecule has 1 heterocycles. The lowest BCUT2D eigenvalue weighted by atomic mass is 10.1. The van der Waals surface area contributed by atoms with Crippen LogP contribution in [-0.4, -0.2) is 21.2 Å². The third-order valence-electron chi connectivity index (χ3n) is 2.62.